The summed E-state index contributed by atoms with van der Waals surface area (Å²) in [6, 6.07) is 11.9. The summed E-state index contributed by atoms with van der Waals surface area (Å²) in [6.07, 6.45) is 0. The number of sulfonamides is 1. The Bertz CT molecular complexity index is 701. The highest BCUT2D eigenvalue weighted by atomic mass is 35.5. The molecule has 2 rings (SSSR count). The van der Waals surface area contributed by atoms with Crippen LogP contribution in [-0.2, 0) is 15.9 Å². The number of alkyl halides is 1. The van der Waals surface area contributed by atoms with Crippen LogP contribution in [0.4, 0.5) is 10.1 Å². The molecule has 0 aromatic heterocycles. The molecule has 0 radical (unpaired) electrons. The summed E-state index contributed by atoms with van der Waals surface area (Å²) in [6.45, 7) is 0. The Morgan fingerprint density at radius 2 is 1.70 bits per heavy atom. The SMILES string of the molecule is CN(c1ccccc1F)S(=O)(=O)c1ccc(CCl)cc1. The van der Waals surface area contributed by atoms with Crippen LogP contribution in [0.1, 0.15) is 5.56 Å². The monoisotopic (exact) mass is 313 g/mol. The highest BCUT2D eigenvalue weighted by Crippen LogP contribution is 2.24. The molecule has 106 valence electrons. The Morgan fingerprint density at radius 1 is 1.10 bits per heavy atom. The first kappa shape index (κ1) is 14.8. The molecule has 0 N–H and O–H groups in total. The fraction of sp³-hybridized carbons (Fsp3) is 0.143. The molecule has 0 spiro atoms. The Labute approximate surface area is 122 Å². The molecule has 2 aromatic rings. The highest BCUT2D eigenvalue weighted by Gasteiger charge is 2.23. The molecule has 0 amide bonds. The number of nitrogens with zero attached hydrogens (tertiary/aromatic N) is 1. The molecule has 0 heterocycles. The van der Waals surface area contributed by atoms with Crippen molar-refractivity contribution in [3.05, 3.63) is 59.9 Å². The van der Waals surface area contributed by atoms with Gasteiger partial charge >= 0.3 is 0 Å². The van der Waals surface area contributed by atoms with Gasteiger partial charge in [0.2, 0.25) is 0 Å². The molecule has 0 aliphatic carbocycles. The van der Waals surface area contributed by atoms with Gasteiger partial charge in [-0.2, -0.15) is 0 Å². The van der Waals surface area contributed by atoms with Gasteiger partial charge in [0.1, 0.15) is 5.82 Å². The van der Waals surface area contributed by atoms with Gasteiger partial charge in [-0.25, -0.2) is 12.8 Å². The van der Waals surface area contributed by atoms with E-state index in [-0.39, 0.29) is 10.6 Å². The van der Waals surface area contributed by atoms with Crippen molar-refractivity contribution in [3.63, 3.8) is 0 Å². The van der Waals surface area contributed by atoms with E-state index in [0.717, 1.165) is 9.87 Å². The van der Waals surface area contributed by atoms with Gasteiger partial charge in [0.15, 0.2) is 0 Å². The molecule has 2 aromatic carbocycles. The summed E-state index contributed by atoms with van der Waals surface area (Å²) in [4.78, 5) is 0.0946. The van der Waals surface area contributed by atoms with Gasteiger partial charge in [-0.1, -0.05) is 24.3 Å². The summed E-state index contributed by atoms with van der Waals surface area (Å²) < 4.78 is 39.4. The lowest BCUT2D eigenvalue weighted by molar-refractivity contribution is 0.589. The van der Waals surface area contributed by atoms with Gasteiger partial charge in [0, 0.05) is 12.9 Å². The third-order valence-electron chi connectivity index (χ3n) is 2.93. The zero-order valence-electron chi connectivity index (χ0n) is 10.8. The zero-order valence-corrected chi connectivity index (χ0v) is 12.3. The normalized spacial score (nSPS) is 11.3. The molecular formula is C14H13ClFNO2S. The fourth-order valence-electron chi connectivity index (χ4n) is 1.75. The fourth-order valence-corrected chi connectivity index (χ4v) is 3.13. The predicted octanol–water partition coefficient (Wildman–Crippen LogP) is 3.39. The summed E-state index contributed by atoms with van der Waals surface area (Å²) in [7, 11) is -2.47. The van der Waals surface area contributed by atoms with Crippen LogP contribution in [0.25, 0.3) is 0 Å². The van der Waals surface area contributed by atoms with Crippen molar-refractivity contribution >= 4 is 27.3 Å². The van der Waals surface area contributed by atoms with E-state index in [1.54, 1.807) is 18.2 Å². The van der Waals surface area contributed by atoms with E-state index in [2.05, 4.69) is 0 Å². The van der Waals surface area contributed by atoms with Crippen molar-refractivity contribution in [3.8, 4) is 0 Å². The van der Waals surface area contributed by atoms with Crippen LogP contribution in [0.3, 0.4) is 0 Å². The maximum absolute atomic E-state index is 13.7. The van der Waals surface area contributed by atoms with Crippen molar-refractivity contribution in [1.29, 1.82) is 0 Å². The van der Waals surface area contributed by atoms with Gasteiger partial charge in [-0.3, -0.25) is 4.31 Å². The third-order valence-corrected chi connectivity index (χ3v) is 5.02. The Kier molecular flexibility index (Phi) is 4.30. The quantitative estimate of drug-likeness (QED) is 0.811. The van der Waals surface area contributed by atoms with Crippen LogP contribution in [0, 0.1) is 5.82 Å². The summed E-state index contributed by atoms with van der Waals surface area (Å²) >= 11 is 5.66. The average molecular weight is 314 g/mol. The van der Waals surface area contributed by atoms with Gasteiger partial charge in [0.05, 0.1) is 10.6 Å². The van der Waals surface area contributed by atoms with Crippen LogP contribution in [0.2, 0.25) is 0 Å². The second-order valence-corrected chi connectivity index (χ2v) is 6.44. The van der Waals surface area contributed by atoms with Gasteiger partial charge in [0.25, 0.3) is 10.0 Å². The first-order valence-corrected chi connectivity index (χ1v) is 7.82. The molecule has 3 nitrogen and oxygen atoms in total. The highest BCUT2D eigenvalue weighted by molar-refractivity contribution is 7.92. The molecule has 0 saturated carbocycles. The van der Waals surface area contributed by atoms with Crippen LogP contribution in [-0.4, -0.2) is 15.5 Å². The molecule has 6 heteroatoms. The minimum atomic E-state index is -3.79. The number of anilines is 1. The van der Waals surface area contributed by atoms with Crippen molar-refractivity contribution < 1.29 is 12.8 Å². The van der Waals surface area contributed by atoms with Gasteiger partial charge < -0.3 is 0 Å². The number of rotatable bonds is 4. The number of halogens is 2. The van der Waals surface area contributed by atoms with Gasteiger partial charge in [-0.05, 0) is 29.8 Å². The smallest absolute Gasteiger partial charge is 0.264 e. The Balaban J connectivity index is 2.41. The second-order valence-electron chi connectivity index (χ2n) is 4.20. The summed E-state index contributed by atoms with van der Waals surface area (Å²) in [5.74, 6) is -0.278. The number of para-hydroxylation sites is 1. The molecule has 0 fully saturated rings. The molecule has 0 saturated heterocycles. The van der Waals surface area contributed by atoms with Crippen molar-refractivity contribution in [2.24, 2.45) is 0 Å². The largest absolute Gasteiger partial charge is 0.266 e. The summed E-state index contributed by atoms with van der Waals surface area (Å²) in [5, 5.41) is 0. The minimum Gasteiger partial charge on any atom is -0.266 e. The van der Waals surface area contributed by atoms with E-state index < -0.39 is 15.8 Å². The summed E-state index contributed by atoms with van der Waals surface area (Å²) in [5.41, 5.74) is 0.827. The lowest BCUT2D eigenvalue weighted by Gasteiger charge is -2.20. The second kappa shape index (κ2) is 5.81. The first-order chi connectivity index (χ1) is 9.46. The van der Waals surface area contributed by atoms with E-state index in [4.69, 9.17) is 11.6 Å². The van der Waals surface area contributed by atoms with Crippen molar-refractivity contribution in [2.45, 2.75) is 10.8 Å². The molecule has 0 unspecified atom stereocenters. The molecule has 20 heavy (non-hydrogen) atoms. The molecule has 0 atom stereocenters. The third kappa shape index (κ3) is 2.78. The minimum absolute atomic E-state index is 0.00826. The molecule has 0 aliphatic heterocycles. The Hall–Kier alpha value is -1.59. The van der Waals surface area contributed by atoms with Crippen molar-refractivity contribution in [1.82, 2.24) is 0 Å². The first-order valence-electron chi connectivity index (χ1n) is 5.85. The molecular weight excluding hydrogens is 301 g/mol. The van der Waals surface area contributed by atoms with Crippen LogP contribution >= 0.6 is 11.6 Å². The zero-order chi connectivity index (χ0) is 14.8. The van der Waals surface area contributed by atoms with Crippen LogP contribution in [0.5, 0.6) is 0 Å². The maximum atomic E-state index is 13.7. The number of hydrogen-bond acceptors (Lipinski definition) is 2. The predicted molar refractivity (Wildman–Crippen MR) is 78.0 cm³/mol. The van der Waals surface area contributed by atoms with Crippen LogP contribution < -0.4 is 4.31 Å². The van der Waals surface area contributed by atoms with E-state index in [1.807, 2.05) is 0 Å². The van der Waals surface area contributed by atoms with Crippen molar-refractivity contribution in [2.75, 3.05) is 11.4 Å². The lowest BCUT2D eigenvalue weighted by atomic mass is 10.2. The molecule has 0 aliphatic rings. The Morgan fingerprint density at radius 3 is 2.25 bits per heavy atom. The van der Waals surface area contributed by atoms with E-state index in [0.29, 0.717) is 5.88 Å². The van der Waals surface area contributed by atoms with Gasteiger partial charge in [-0.15, -0.1) is 11.6 Å². The molecule has 0 bridgehead atoms. The topological polar surface area (TPSA) is 37.4 Å². The maximum Gasteiger partial charge on any atom is 0.264 e. The van der Waals surface area contributed by atoms with E-state index >= 15 is 0 Å². The van der Waals surface area contributed by atoms with E-state index in [1.165, 1.54) is 37.4 Å². The standard InChI is InChI=1S/C14H13ClFNO2S/c1-17(14-5-3-2-4-13(14)16)20(18,19)12-8-6-11(10-15)7-9-12/h2-9H,10H2,1H3. The van der Waals surface area contributed by atoms with Crippen LogP contribution in [0.15, 0.2) is 53.4 Å². The average Bonchev–Trinajstić information content (AvgIpc) is 2.47. The van der Waals surface area contributed by atoms with E-state index in [9.17, 15) is 12.8 Å². The number of hydrogen-bond donors (Lipinski definition) is 0. The number of benzene rings is 2. The lowest BCUT2D eigenvalue weighted by Crippen LogP contribution is -2.27.